The van der Waals surface area contributed by atoms with Crippen LogP contribution in [0.25, 0.3) is 10.9 Å². The maximum Gasteiger partial charge on any atom is 0.310 e. The molecule has 1 aliphatic carbocycles. The smallest absolute Gasteiger partial charge is 0.310 e. The second-order valence-electron chi connectivity index (χ2n) is 7.63. The van der Waals surface area contributed by atoms with E-state index in [-0.39, 0.29) is 0 Å². The first-order chi connectivity index (χ1) is 13.7. The molecule has 28 heavy (non-hydrogen) atoms. The highest BCUT2D eigenvalue weighted by molar-refractivity contribution is 5.78. The lowest BCUT2D eigenvalue weighted by molar-refractivity contribution is -0.139. The number of hydrogen-bond donors (Lipinski definition) is 1. The van der Waals surface area contributed by atoms with Gasteiger partial charge in [0.15, 0.2) is 0 Å². The van der Waals surface area contributed by atoms with Gasteiger partial charge in [-0.2, -0.15) is 0 Å². The molecule has 1 saturated carbocycles. The molecule has 0 saturated heterocycles. The minimum Gasteiger partial charge on any atom is -0.487 e. The fourth-order valence-corrected chi connectivity index (χ4v) is 4.10. The summed E-state index contributed by atoms with van der Waals surface area (Å²) in [5, 5.41) is 10.8. The summed E-state index contributed by atoms with van der Waals surface area (Å²) < 4.78 is 5.86. The number of aromatic nitrogens is 1. The summed E-state index contributed by atoms with van der Waals surface area (Å²) >= 11 is 0. The van der Waals surface area contributed by atoms with E-state index in [2.05, 4.69) is 4.98 Å². The minimum absolute atomic E-state index is 0.384. The van der Waals surface area contributed by atoms with Gasteiger partial charge < -0.3 is 9.84 Å². The first-order valence-electron chi connectivity index (χ1n) is 9.99. The molecule has 0 spiro atoms. The molecule has 0 amide bonds. The van der Waals surface area contributed by atoms with Crippen molar-refractivity contribution < 1.29 is 14.6 Å². The number of ether oxygens (including phenoxy) is 1. The van der Waals surface area contributed by atoms with Gasteiger partial charge in [0.05, 0.1) is 17.1 Å². The number of carboxylic acids is 1. The zero-order valence-corrected chi connectivity index (χ0v) is 15.9. The topological polar surface area (TPSA) is 59.4 Å². The van der Waals surface area contributed by atoms with Crippen molar-refractivity contribution in [2.45, 2.75) is 44.6 Å². The molecular weight excluding hydrogens is 350 g/mol. The maximum absolute atomic E-state index is 11.8. The lowest BCUT2D eigenvalue weighted by Crippen LogP contribution is -2.15. The standard InChI is InChI=1S/C24H25NO3/c26-24(27)22(15-17-5-1-2-6-17)18-10-13-21(14-11-18)28-16-20-12-9-19-7-3-4-8-23(19)25-20/h3-4,7-14,17,22H,1-2,5-6,15-16H2,(H,26,27). The molecule has 1 atom stereocenters. The number of rotatable bonds is 7. The molecule has 4 heteroatoms. The lowest BCUT2D eigenvalue weighted by atomic mass is 9.88. The summed E-state index contributed by atoms with van der Waals surface area (Å²) in [4.78, 5) is 16.4. The number of para-hydroxylation sites is 1. The van der Waals surface area contributed by atoms with E-state index >= 15 is 0 Å². The summed E-state index contributed by atoms with van der Waals surface area (Å²) in [7, 11) is 0. The molecule has 1 aromatic heterocycles. The van der Waals surface area contributed by atoms with Gasteiger partial charge in [-0.1, -0.05) is 62.1 Å². The third-order valence-electron chi connectivity index (χ3n) is 5.67. The van der Waals surface area contributed by atoms with Crippen molar-refractivity contribution in [3.8, 4) is 5.75 Å². The number of nitrogens with zero attached hydrogens (tertiary/aromatic N) is 1. The van der Waals surface area contributed by atoms with Crippen molar-refractivity contribution in [1.29, 1.82) is 0 Å². The highest BCUT2D eigenvalue weighted by atomic mass is 16.5. The molecule has 4 rings (SSSR count). The number of hydrogen-bond acceptors (Lipinski definition) is 3. The van der Waals surface area contributed by atoms with Gasteiger partial charge in [-0.3, -0.25) is 4.79 Å². The molecule has 3 aromatic rings. The second-order valence-corrected chi connectivity index (χ2v) is 7.63. The molecule has 1 aliphatic rings. The summed E-state index contributed by atoms with van der Waals surface area (Å²) in [5.41, 5.74) is 2.68. The van der Waals surface area contributed by atoms with Crippen molar-refractivity contribution in [2.24, 2.45) is 5.92 Å². The van der Waals surface area contributed by atoms with Gasteiger partial charge in [0.1, 0.15) is 12.4 Å². The number of carboxylic acid groups (broad SMARTS) is 1. The first kappa shape index (κ1) is 18.5. The van der Waals surface area contributed by atoms with Crippen LogP contribution in [0, 0.1) is 5.92 Å². The molecule has 4 nitrogen and oxygen atoms in total. The number of benzene rings is 2. The van der Waals surface area contributed by atoms with E-state index in [1.54, 1.807) is 0 Å². The van der Waals surface area contributed by atoms with Gasteiger partial charge in [0.25, 0.3) is 0 Å². The number of carbonyl (C=O) groups is 1. The number of pyridine rings is 1. The zero-order chi connectivity index (χ0) is 19.3. The second kappa shape index (κ2) is 8.42. The van der Waals surface area contributed by atoms with Crippen molar-refractivity contribution in [2.75, 3.05) is 0 Å². The van der Waals surface area contributed by atoms with Gasteiger partial charge in [-0.15, -0.1) is 0 Å². The van der Waals surface area contributed by atoms with E-state index in [1.807, 2.05) is 60.7 Å². The van der Waals surface area contributed by atoms with Crippen LogP contribution >= 0.6 is 0 Å². The lowest BCUT2D eigenvalue weighted by Gasteiger charge is -2.17. The third-order valence-corrected chi connectivity index (χ3v) is 5.67. The van der Waals surface area contributed by atoms with Gasteiger partial charge in [-0.25, -0.2) is 4.98 Å². The molecule has 1 fully saturated rings. The van der Waals surface area contributed by atoms with Crippen molar-refractivity contribution in [3.63, 3.8) is 0 Å². The van der Waals surface area contributed by atoms with Crippen LogP contribution in [-0.4, -0.2) is 16.1 Å². The van der Waals surface area contributed by atoms with Crippen LogP contribution in [0.1, 0.15) is 49.3 Å². The van der Waals surface area contributed by atoms with Crippen LogP contribution in [-0.2, 0) is 11.4 Å². The quantitative estimate of drug-likeness (QED) is 0.587. The number of aliphatic carboxylic acids is 1. The Morgan fingerprint density at radius 2 is 1.79 bits per heavy atom. The predicted octanol–water partition coefficient (Wildman–Crippen LogP) is 5.56. The SMILES string of the molecule is O=C(O)C(CC1CCCC1)c1ccc(OCc2ccc3ccccc3n2)cc1. The van der Waals surface area contributed by atoms with E-state index in [9.17, 15) is 9.90 Å². The van der Waals surface area contributed by atoms with Crippen LogP contribution in [0.15, 0.2) is 60.7 Å². The van der Waals surface area contributed by atoms with E-state index in [4.69, 9.17) is 4.74 Å². The van der Waals surface area contributed by atoms with Crippen molar-refractivity contribution in [1.82, 2.24) is 4.98 Å². The Kier molecular flexibility index (Phi) is 5.56. The van der Waals surface area contributed by atoms with E-state index in [0.29, 0.717) is 12.5 Å². The van der Waals surface area contributed by atoms with Gasteiger partial charge in [0.2, 0.25) is 0 Å². The molecular formula is C24H25NO3. The molecule has 1 unspecified atom stereocenters. The minimum atomic E-state index is -0.735. The molecule has 1 heterocycles. The molecule has 144 valence electrons. The summed E-state index contributed by atoms with van der Waals surface area (Å²) in [6.07, 6.45) is 5.50. The average molecular weight is 375 g/mol. The fraction of sp³-hybridized carbons (Fsp3) is 0.333. The first-order valence-corrected chi connectivity index (χ1v) is 9.99. The fourth-order valence-electron chi connectivity index (χ4n) is 4.10. The Balaban J connectivity index is 1.40. The van der Waals surface area contributed by atoms with E-state index in [1.165, 1.54) is 12.8 Å². The highest BCUT2D eigenvalue weighted by Gasteiger charge is 2.26. The van der Waals surface area contributed by atoms with Crippen LogP contribution in [0.3, 0.4) is 0 Å². The Labute approximate surface area is 165 Å². The average Bonchev–Trinajstić information content (AvgIpc) is 3.24. The van der Waals surface area contributed by atoms with Crippen molar-refractivity contribution in [3.05, 3.63) is 71.9 Å². The van der Waals surface area contributed by atoms with Crippen LogP contribution in [0.5, 0.6) is 5.75 Å². The van der Waals surface area contributed by atoms with Crippen LogP contribution in [0.4, 0.5) is 0 Å². The summed E-state index contributed by atoms with van der Waals surface area (Å²) in [6, 6.07) is 19.5. The molecule has 1 N–H and O–H groups in total. The summed E-state index contributed by atoms with van der Waals surface area (Å²) in [5.74, 6) is 0.0972. The van der Waals surface area contributed by atoms with E-state index in [0.717, 1.165) is 47.2 Å². The Morgan fingerprint density at radius 1 is 1.04 bits per heavy atom. The molecule has 0 bridgehead atoms. The van der Waals surface area contributed by atoms with E-state index < -0.39 is 11.9 Å². The van der Waals surface area contributed by atoms with Crippen LogP contribution in [0.2, 0.25) is 0 Å². The van der Waals surface area contributed by atoms with Crippen molar-refractivity contribution >= 4 is 16.9 Å². The largest absolute Gasteiger partial charge is 0.487 e. The normalized spacial score (nSPS) is 15.6. The van der Waals surface area contributed by atoms with Gasteiger partial charge >= 0.3 is 5.97 Å². The highest BCUT2D eigenvalue weighted by Crippen LogP contribution is 2.34. The van der Waals surface area contributed by atoms with Crippen LogP contribution < -0.4 is 4.74 Å². The molecule has 2 aromatic carbocycles. The van der Waals surface area contributed by atoms with Gasteiger partial charge in [0, 0.05) is 5.39 Å². The van der Waals surface area contributed by atoms with Gasteiger partial charge in [-0.05, 0) is 42.2 Å². The molecule has 0 radical (unpaired) electrons. The maximum atomic E-state index is 11.8. The zero-order valence-electron chi connectivity index (χ0n) is 15.9. The monoisotopic (exact) mass is 375 g/mol. The Bertz CT molecular complexity index is 945. The molecule has 0 aliphatic heterocycles. The Morgan fingerprint density at radius 3 is 2.54 bits per heavy atom. The predicted molar refractivity (Wildman–Crippen MR) is 109 cm³/mol. The summed E-state index contributed by atoms with van der Waals surface area (Å²) in [6.45, 7) is 0.384. The third kappa shape index (κ3) is 4.33. The Hall–Kier alpha value is -2.88. The number of fused-ring (bicyclic) bond motifs is 1.